The third-order valence-electron chi connectivity index (χ3n) is 4.26. The highest BCUT2D eigenvalue weighted by molar-refractivity contribution is 5.52. The highest BCUT2D eigenvalue weighted by Crippen LogP contribution is 2.13. The van der Waals surface area contributed by atoms with Crippen molar-refractivity contribution in [3.05, 3.63) is 36.8 Å². The quantitative estimate of drug-likeness (QED) is 0.334. The molecule has 0 aromatic heterocycles. The Kier molecular flexibility index (Phi) is 11.5. The number of nitrogens with two attached hydrogens (primary N) is 3. The normalized spacial score (nSPS) is 13.7. The lowest BCUT2D eigenvalue weighted by Gasteiger charge is -2.23. The number of para-hydroxylation sites is 1. The van der Waals surface area contributed by atoms with Gasteiger partial charge < -0.3 is 27.8 Å². The van der Waals surface area contributed by atoms with E-state index in [-0.39, 0.29) is 6.04 Å². The van der Waals surface area contributed by atoms with E-state index in [4.69, 9.17) is 17.2 Å². The van der Waals surface area contributed by atoms with Crippen LogP contribution >= 0.6 is 0 Å². The average Bonchev–Trinajstić information content (AvgIpc) is 2.58. The van der Waals surface area contributed by atoms with Crippen LogP contribution in [0, 0.1) is 6.92 Å². The molecule has 2 atom stereocenters. The van der Waals surface area contributed by atoms with E-state index in [9.17, 15) is 0 Å². The van der Waals surface area contributed by atoms with Crippen molar-refractivity contribution >= 4 is 5.69 Å². The van der Waals surface area contributed by atoms with Crippen molar-refractivity contribution in [2.24, 2.45) is 17.2 Å². The maximum absolute atomic E-state index is 6.20. The van der Waals surface area contributed by atoms with Gasteiger partial charge in [-0.1, -0.05) is 31.0 Å². The smallest absolute Gasteiger partial charge is 0.0373 e. The first-order chi connectivity index (χ1) is 11.7. The molecule has 0 aliphatic heterocycles. The Morgan fingerprint density at radius 3 is 2.25 bits per heavy atom. The molecule has 5 nitrogen and oxygen atoms in total. The predicted octanol–water partition coefficient (Wildman–Crippen LogP) is 1.82. The molecule has 0 aliphatic carbocycles. The molecule has 1 radical (unpaired) electrons. The van der Waals surface area contributed by atoms with Gasteiger partial charge in [0.15, 0.2) is 0 Å². The standard InChI is InChI=1S/C19H36N5/c1-16-8-2-3-11-19(16)24-15-18(10-5-7-13-21)23-14-17(22)9-4-6-12-20/h2-3,8,11,17-18,23-24H,1,4-7,9-10,12-15,20-22H2/t17-,18-/m0/s1. The van der Waals surface area contributed by atoms with Crippen LogP contribution in [-0.2, 0) is 0 Å². The fourth-order valence-corrected chi connectivity index (χ4v) is 2.71. The second kappa shape index (κ2) is 13.2. The van der Waals surface area contributed by atoms with Gasteiger partial charge in [-0.2, -0.15) is 0 Å². The summed E-state index contributed by atoms with van der Waals surface area (Å²) >= 11 is 0. The van der Waals surface area contributed by atoms with Crippen LogP contribution in [0.5, 0.6) is 0 Å². The number of hydrogen-bond acceptors (Lipinski definition) is 5. The van der Waals surface area contributed by atoms with Crippen LogP contribution in [0.1, 0.15) is 44.1 Å². The third kappa shape index (κ3) is 9.23. The first kappa shape index (κ1) is 20.9. The van der Waals surface area contributed by atoms with Crippen molar-refractivity contribution in [1.82, 2.24) is 5.32 Å². The van der Waals surface area contributed by atoms with Crippen molar-refractivity contribution in [3.63, 3.8) is 0 Å². The largest absolute Gasteiger partial charge is 0.383 e. The number of rotatable bonds is 14. The van der Waals surface area contributed by atoms with Crippen LogP contribution in [0.3, 0.4) is 0 Å². The zero-order valence-electron chi connectivity index (χ0n) is 15.0. The first-order valence-electron chi connectivity index (χ1n) is 9.21. The van der Waals surface area contributed by atoms with E-state index >= 15 is 0 Å². The molecular weight excluding hydrogens is 298 g/mol. The minimum atomic E-state index is 0.189. The summed E-state index contributed by atoms with van der Waals surface area (Å²) in [6.45, 7) is 7.26. The lowest BCUT2D eigenvalue weighted by molar-refractivity contribution is 0.438. The molecule has 8 N–H and O–H groups in total. The summed E-state index contributed by atoms with van der Waals surface area (Å²) in [5, 5.41) is 7.12. The topological polar surface area (TPSA) is 102 Å². The van der Waals surface area contributed by atoms with Crippen LogP contribution in [0.2, 0.25) is 0 Å². The number of benzene rings is 1. The molecule has 24 heavy (non-hydrogen) atoms. The SMILES string of the molecule is [CH2]c1ccccc1NC[C@H](CCCCN)NC[C@@H](N)CCCCN. The fraction of sp³-hybridized carbons (Fsp3) is 0.632. The molecule has 137 valence electrons. The number of nitrogens with one attached hydrogen (secondary N) is 2. The first-order valence-corrected chi connectivity index (χ1v) is 9.21. The van der Waals surface area contributed by atoms with Gasteiger partial charge in [0.2, 0.25) is 0 Å². The third-order valence-corrected chi connectivity index (χ3v) is 4.26. The summed E-state index contributed by atoms with van der Waals surface area (Å²) < 4.78 is 0. The molecule has 1 aromatic rings. The fourth-order valence-electron chi connectivity index (χ4n) is 2.71. The molecule has 1 rings (SSSR count). The van der Waals surface area contributed by atoms with Gasteiger partial charge >= 0.3 is 0 Å². The maximum Gasteiger partial charge on any atom is 0.0373 e. The number of unbranched alkanes of at least 4 members (excludes halogenated alkanes) is 2. The Labute approximate surface area is 147 Å². The maximum atomic E-state index is 6.20. The Morgan fingerprint density at radius 2 is 1.58 bits per heavy atom. The molecule has 5 heteroatoms. The molecule has 0 aliphatic rings. The zero-order chi connectivity index (χ0) is 17.6. The van der Waals surface area contributed by atoms with Gasteiger partial charge in [0.25, 0.3) is 0 Å². The average molecular weight is 335 g/mol. The molecule has 0 heterocycles. The number of hydrogen-bond donors (Lipinski definition) is 5. The van der Waals surface area contributed by atoms with E-state index in [1.807, 2.05) is 18.2 Å². The Bertz CT molecular complexity index is 424. The predicted molar refractivity (Wildman–Crippen MR) is 105 cm³/mol. The summed E-state index contributed by atoms with van der Waals surface area (Å²) in [4.78, 5) is 0. The summed E-state index contributed by atoms with van der Waals surface area (Å²) in [5.74, 6) is 0. The summed E-state index contributed by atoms with van der Waals surface area (Å²) in [7, 11) is 0. The summed E-state index contributed by atoms with van der Waals surface area (Å²) in [5.41, 5.74) is 19.5. The van der Waals surface area contributed by atoms with E-state index in [0.717, 1.165) is 76.0 Å². The zero-order valence-corrected chi connectivity index (χ0v) is 15.0. The van der Waals surface area contributed by atoms with Gasteiger partial charge in [-0.05, 0) is 57.3 Å². The molecule has 0 saturated heterocycles. The van der Waals surface area contributed by atoms with Gasteiger partial charge in [0, 0.05) is 30.9 Å². The molecule has 0 bridgehead atoms. The molecule has 0 amide bonds. The molecule has 1 aromatic carbocycles. The van der Waals surface area contributed by atoms with Crippen molar-refractivity contribution in [2.45, 2.75) is 50.6 Å². The van der Waals surface area contributed by atoms with Crippen LogP contribution in [0.25, 0.3) is 0 Å². The number of anilines is 1. The van der Waals surface area contributed by atoms with Crippen molar-refractivity contribution in [3.8, 4) is 0 Å². The van der Waals surface area contributed by atoms with Crippen LogP contribution in [0.4, 0.5) is 5.69 Å². The van der Waals surface area contributed by atoms with E-state index in [0.29, 0.717) is 6.04 Å². The van der Waals surface area contributed by atoms with Gasteiger partial charge in [0.1, 0.15) is 0 Å². The van der Waals surface area contributed by atoms with Crippen LogP contribution in [0.15, 0.2) is 24.3 Å². The minimum Gasteiger partial charge on any atom is -0.383 e. The van der Waals surface area contributed by atoms with Crippen molar-refractivity contribution in [1.29, 1.82) is 0 Å². The molecule has 0 fully saturated rings. The lowest BCUT2D eigenvalue weighted by atomic mass is 10.1. The van der Waals surface area contributed by atoms with E-state index in [1.165, 1.54) is 0 Å². The van der Waals surface area contributed by atoms with Crippen LogP contribution in [-0.4, -0.2) is 38.3 Å². The summed E-state index contributed by atoms with van der Waals surface area (Å²) in [6, 6.07) is 8.70. The van der Waals surface area contributed by atoms with E-state index in [2.05, 4.69) is 23.6 Å². The van der Waals surface area contributed by atoms with Gasteiger partial charge in [0.05, 0.1) is 0 Å². The Hall–Kier alpha value is -1.14. The summed E-state index contributed by atoms with van der Waals surface area (Å²) in [6.07, 6.45) is 6.46. The minimum absolute atomic E-state index is 0.189. The highest BCUT2D eigenvalue weighted by Gasteiger charge is 2.11. The van der Waals surface area contributed by atoms with E-state index in [1.54, 1.807) is 0 Å². The lowest BCUT2D eigenvalue weighted by Crippen LogP contribution is -2.42. The highest BCUT2D eigenvalue weighted by atomic mass is 15.0. The molecule has 0 unspecified atom stereocenters. The molecule has 0 spiro atoms. The Balaban J connectivity index is 2.40. The van der Waals surface area contributed by atoms with E-state index < -0.39 is 0 Å². The second-order valence-electron chi connectivity index (χ2n) is 6.47. The van der Waals surface area contributed by atoms with Crippen molar-refractivity contribution < 1.29 is 0 Å². The monoisotopic (exact) mass is 334 g/mol. The van der Waals surface area contributed by atoms with Gasteiger partial charge in [-0.25, -0.2) is 0 Å². The van der Waals surface area contributed by atoms with Gasteiger partial charge in [-0.3, -0.25) is 0 Å². The second-order valence-corrected chi connectivity index (χ2v) is 6.47. The molecule has 0 saturated carbocycles. The molecular formula is C19H36N5. The van der Waals surface area contributed by atoms with Crippen molar-refractivity contribution in [2.75, 3.05) is 31.5 Å². The van der Waals surface area contributed by atoms with Gasteiger partial charge in [-0.15, -0.1) is 0 Å². The van der Waals surface area contributed by atoms with Crippen LogP contribution < -0.4 is 27.8 Å². The Morgan fingerprint density at radius 1 is 0.917 bits per heavy atom.